The fourth-order valence-electron chi connectivity index (χ4n) is 2.24. The Bertz CT molecular complexity index is 522. The molecule has 2 aromatic rings. The minimum absolute atomic E-state index is 0.627. The number of benzene rings is 2. The van der Waals surface area contributed by atoms with Crippen molar-refractivity contribution in [3.8, 4) is 5.75 Å². The summed E-state index contributed by atoms with van der Waals surface area (Å²) in [5, 5.41) is 0. The first-order valence-electron chi connectivity index (χ1n) is 6.86. The largest absolute Gasteiger partial charge is 0.472 e. The Morgan fingerprint density at radius 3 is 2.42 bits per heavy atom. The van der Waals surface area contributed by atoms with E-state index in [2.05, 4.69) is 54.3 Å². The van der Waals surface area contributed by atoms with E-state index < -0.39 is 0 Å². The predicted octanol–water partition coefficient (Wildman–Crippen LogP) is 4.38. The minimum atomic E-state index is 0.627. The van der Waals surface area contributed by atoms with Crippen molar-refractivity contribution < 1.29 is 4.74 Å². The van der Waals surface area contributed by atoms with Crippen molar-refractivity contribution in [3.63, 3.8) is 0 Å². The van der Waals surface area contributed by atoms with Gasteiger partial charge in [0.05, 0.1) is 0 Å². The van der Waals surface area contributed by atoms with E-state index >= 15 is 0 Å². The fraction of sp³-hybridized carbons (Fsp3) is 0.294. The smallest absolute Gasteiger partial charge is 0.161 e. The van der Waals surface area contributed by atoms with Crippen molar-refractivity contribution in [2.45, 2.75) is 27.3 Å². The van der Waals surface area contributed by atoms with E-state index in [4.69, 9.17) is 4.74 Å². The van der Waals surface area contributed by atoms with Gasteiger partial charge < -0.3 is 9.64 Å². The van der Waals surface area contributed by atoms with Gasteiger partial charge in [0, 0.05) is 17.8 Å². The molecule has 0 saturated carbocycles. The van der Waals surface area contributed by atoms with E-state index in [1.54, 1.807) is 0 Å². The van der Waals surface area contributed by atoms with Crippen LogP contribution in [0.25, 0.3) is 0 Å². The number of aryl methyl sites for hydroxylation is 1. The van der Waals surface area contributed by atoms with Crippen molar-refractivity contribution in [3.05, 3.63) is 59.7 Å². The summed E-state index contributed by atoms with van der Waals surface area (Å²) in [5.41, 5.74) is 3.69. The molecule has 0 aromatic heterocycles. The molecule has 0 unspecified atom stereocenters. The Kier molecular flexibility index (Phi) is 4.45. The molecule has 2 aromatic carbocycles. The second kappa shape index (κ2) is 6.28. The van der Waals surface area contributed by atoms with Crippen LogP contribution < -0.4 is 9.64 Å². The van der Waals surface area contributed by atoms with Crippen LogP contribution in [0.4, 0.5) is 5.69 Å². The molecule has 1 heterocycles. The van der Waals surface area contributed by atoms with Crippen LogP contribution in [0.5, 0.6) is 5.75 Å². The number of para-hydroxylation sites is 2. The molecule has 0 N–H and O–H groups in total. The Morgan fingerprint density at radius 2 is 1.68 bits per heavy atom. The molecule has 0 fully saturated rings. The molecule has 0 bridgehead atoms. The third-order valence-electron chi connectivity index (χ3n) is 3.14. The zero-order valence-corrected chi connectivity index (χ0v) is 11.9. The number of nitrogens with zero attached hydrogens (tertiary/aromatic N) is 1. The van der Waals surface area contributed by atoms with E-state index in [1.807, 2.05) is 19.9 Å². The number of anilines is 1. The summed E-state index contributed by atoms with van der Waals surface area (Å²) in [6, 6.07) is 16.7. The van der Waals surface area contributed by atoms with Gasteiger partial charge >= 0.3 is 0 Å². The summed E-state index contributed by atoms with van der Waals surface area (Å²) >= 11 is 0. The Labute approximate surface area is 115 Å². The van der Waals surface area contributed by atoms with Gasteiger partial charge in [-0.05, 0) is 24.6 Å². The molecule has 0 amide bonds. The number of hydrogen-bond donors (Lipinski definition) is 0. The highest BCUT2D eigenvalue weighted by Gasteiger charge is 2.18. The summed E-state index contributed by atoms with van der Waals surface area (Å²) in [4.78, 5) is 2.24. The first kappa shape index (κ1) is 13.5. The second-order valence-corrected chi connectivity index (χ2v) is 4.37. The van der Waals surface area contributed by atoms with E-state index in [0.717, 1.165) is 12.3 Å². The number of hydrogen-bond acceptors (Lipinski definition) is 2. The van der Waals surface area contributed by atoms with Crippen molar-refractivity contribution in [1.29, 1.82) is 0 Å². The van der Waals surface area contributed by atoms with Crippen LogP contribution in [0.3, 0.4) is 0 Å². The van der Waals surface area contributed by atoms with Gasteiger partial charge in [-0.2, -0.15) is 0 Å². The number of rotatable bonds is 1. The van der Waals surface area contributed by atoms with Gasteiger partial charge in [-0.1, -0.05) is 50.2 Å². The maximum Gasteiger partial charge on any atom is 0.161 e. The normalized spacial score (nSPS) is 12.9. The lowest BCUT2D eigenvalue weighted by Gasteiger charge is -2.31. The SMILES string of the molecule is CC.Cc1cccc2c1OCN(c1ccccc1)C2. The van der Waals surface area contributed by atoms with Crippen LogP contribution in [0.1, 0.15) is 25.0 Å². The van der Waals surface area contributed by atoms with Gasteiger partial charge in [-0.15, -0.1) is 0 Å². The molecule has 3 rings (SSSR count). The van der Waals surface area contributed by atoms with Crippen LogP contribution in [-0.4, -0.2) is 6.73 Å². The Balaban J connectivity index is 0.000000637. The fourth-order valence-corrected chi connectivity index (χ4v) is 2.24. The van der Waals surface area contributed by atoms with E-state index in [0.29, 0.717) is 6.73 Å². The first-order valence-corrected chi connectivity index (χ1v) is 6.86. The van der Waals surface area contributed by atoms with Crippen molar-refractivity contribution in [2.75, 3.05) is 11.6 Å². The zero-order chi connectivity index (χ0) is 13.7. The Morgan fingerprint density at radius 1 is 0.947 bits per heavy atom. The highest BCUT2D eigenvalue weighted by Crippen LogP contribution is 2.30. The molecular formula is C17H21NO. The topological polar surface area (TPSA) is 12.5 Å². The third kappa shape index (κ3) is 2.90. The summed E-state index contributed by atoms with van der Waals surface area (Å²) < 4.78 is 5.85. The lowest BCUT2D eigenvalue weighted by atomic mass is 10.1. The molecule has 0 atom stereocenters. The van der Waals surface area contributed by atoms with Crippen LogP contribution in [0.15, 0.2) is 48.5 Å². The maximum absolute atomic E-state index is 5.85. The molecule has 0 aliphatic carbocycles. The van der Waals surface area contributed by atoms with Gasteiger partial charge in [-0.25, -0.2) is 0 Å². The molecule has 0 radical (unpaired) electrons. The van der Waals surface area contributed by atoms with E-state index in [1.165, 1.54) is 16.8 Å². The summed E-state index contributed by atoms with van der Waals surface area (Å²) in [5.74, 6) is 1.06. The average Bonchev–Trinajstić information content (AvgIpc) is 2.50. The molecule has 0 saturated heterocycles. The van der Waals surface area contributed by atoms with Crippen LogP contribution in [0, 0.1) is 6.92 Å². The molecule has 1 aliphatic heterocycles. The summed E-state index contributed by atoms with van der Waals surface area (Å²) in [6.45, 7) is 7.64. The van der Waals surface area contributed by atoms with Crippen LogP contribution >= 0.6 is 0 Å². The van der Waals surface area contributed by atoms with E-state index in [-0.39, 0.29) is 0 Å². The summed E-state index contributed by atoms with van der Waals surface area (Å²) in [6.07, 6.45) is 0. The van der Waals surface area contributed by atoms with Crippen molar-refractivity contribution >= 4 is 5.69 Å². The lowest BCUT2D eigenvalue weighted by Crippen LogP contribution is -2.32. The third-order valence-corrected chi connectivity index (χ3v) is 3.14. The first-order chi connectivity index (χ1) is 9.34. The monoisotopic (exact) mass is 255 g/mol. The predicted molar refractivity (Wildman–Crippen MR) is 80.6 cm³/mol. The quantitative estimate of drug-likeness (QED) is 0.750. The molecule has 2 heteroatoms. The van der Waals surface area contributed by atoms with E-state index in [9.17, 15) is 0 Å². The highest BCUT2D eigenvalue weighted by atomic mass is 16.5. The Hall–Kier alpha value is -1.96. The van der Waals surface area contributed by atoms with Crippen LogP contribution in [-0.2, 0) is 6.54 Å². The lowest BCUT2D eigenvalue weighted by molar-refractivity contribution is 0.287. The molecule has 0 spiro atoms. The summed E-state index contributed by atoms with van der Waals surface area (Å²) in [7, 11) is 0. The highest BCUT2D eigenvalue weighted by molar-refractivity contribution is 5.51. The molecule has 19 heavy (non-hydrogen) atoms. The molecule has 2 nitrogen and oxygen atoms in total. The van der Waals surface area contributed by atoms with Gasteiger partial charge in [0.1, 0.15) is 5.75 Å². The van der Waals surface area contributed by atoms with Crippen molar-refractivity contribution in [1.82, 2.24) is 0 Å². The minimum Gasteiger partial charge on any atom is -0.472 e. The molecule has 100 valence electrons. The second-order valence-electron chi connectivity index (χ2n) is 4.37. The number of ether oxygens (including phenoxy) is 1. The van der Waals surface area contributed by atoms with Gasteiger partial charge in [0.25, 0.3) is 0 Å². The average molecular weight is 255 g/mol. The molecule has 1 aliphatic rings. The maximum atomic E-state index is 5.85. The van der Waals surface area contributed by atoms with Gasteiger partial charge in [0.15, 0.2) is 6.73 Å². The van der Waals surface area contributed by atoms with Gasteiger partial charge in [0.2, 0.25) is 0 Å². The molecular weight excluding hydrogens is 234 g/mol. The standard InChI is InChI=1S/C15H15NO.C2H6/c1-12-6-5-7-13-10-16(11-17-15(12)13)14-8-3-2-4-9-14;1-2/h2-9H,10-11H2,1H3;1-2H3. The number of fused-ring (bicyclic) bond motifs is 1. The van der Waals surface area contributed by atoms with Gasteiger partial charge in [-0.3, -0.25) is 0 Å². The zero-order valence-electron chi connectivity index (χ0n) is 11.9. The van der Waals surface area contributed by atoms with Crippen LogP contribution in [0.2, 0.25) is 0 Å². The van der Waals surface area contributed by atoms with Crippen molar-refractivity contribution in [2.24, 2.45) is 0 Å².